The van der Waals surface area contributed by atoms with Crippen LogP contribution in [0.2, 0.25) is 0 Å². The summed E-state index contributed by atoms with van der Waals surface area (Å²) >= 11 is 0. The Kier molecular flexibility index (Phi) is 11.2. The van der Waals surface area contributed by atoms with E-state index in [9.17, 15) is 9.90 Å². The minimum atomic E-state index is -0.831. The van der Waals surface area contributed by atoms with Crippen molar-refractivity contribution in [3.63, 3.8) is 0 Å². The molecule has 0 heterocycles. The standard InChI is InChI=1S/C24H42N2O4/c1-7-8-12-29-20-11-9-10-18(14-20)13-19(17(2)3)15-21(22(27)16-25)26-23(28)30-24(4,5)6/h9-11,14,17,19,21-22,27H,7-8,12-13,15-16,25H2,1-6H3,(H,26,28)/t19-,21-,22-/m0/s1. The molecule has 30 heavy (non-hydrogen) atoms. The van der Waals surface area contributed by atoms with Crippen LogP contribution in [-0.4, -0.2) is 42.1 Å². The van der Waals surface area contributed by atoms with E-state index in [1.807, 2.05) is 32.9 Å². The summed E-state index contributed by atoms with van der Waals surface area (Å²) in [5.41, 5.74) is 6.28. The van der Waals surface area contributed by atoms with Crippen molar-refractivity contribution in [3.05, 3.63) is 29.8 Å². The maximum atomic E-state index is 12.3. The highest BCUT2D eigenvalue weighted by Crippen LogP contribution is 2.25. The third-order valence-corrected chi connectivity index (χ3v) is 5.07. The molecule has 1 amide bonds. The van der Waals surface area contributed by atoms with Gasteiger partial charge in [-0.25, -0.2) is 4.79 Å². The highest BCUT2D eigenvalue weighted by Gasteiger charge is 2.28. The second kappa shape index (κ2) is 12.8. The highest BCUT2D eigenvalue weighted by molar-refractivity contribution is 5.68. The molecule has 0 aliphatic heterocycles. The molecule has 0 unspecified atom stereocenters. The van der Waals surface area contributed by atoms with Crippen molar-refractivity contribution < 1.29 is 19.4 Å². The lowest BCUT2D eigenvalue weighted by Gasteiger charge is -2.31. The second-order valence-electron chi connectivity index (χ2n) is 9.35. The van der Waals surface area contributed by atoms with Gasteiger partial charge in [0, 0.05) is 6.54 Å². The monoisotopic (exact) mass is 422 g/mol. The average Bonchev–Trinajstić information content (AvgIpc) is 2.65. The van der Waals surface area contributed by atoms with Crippen molar-refractivity contribution in [2.45, 2.75) is 85.0 Å². The molecule has 0 bridgehead atoms. The van der Waals surface area contributed by atoms with Crippen LogP contribution in [0.3, 0.4) is 0 Å². The lowest BCUT2D eigenvalue weighted by atomic mass is 9.83. The topological polar surface area (TPSA) is 93.8 Å². The average molecular weight is 423 g/mol. The van der Waals surface area contributed by atoms with E-state index in [0.29, 0.717) is 12.3 Å². The summed E-state index contributed by atoms with van der Waals surface area (Å²) < 4.78 is 11.2. The maximum absolute atomic E-state index is 12.3. The molecule has 172 valence electrons. The predicted molar refractivity (Wildman–Crippen MR) is 122 cm³/mol. The number of nitrogens with one attached hydrogen (secondary N) is 1. The Morgan fingerprint density at radius 1 is 1.27 bits per heavy atom. The molecule has 1 aromatic rings. The largest absolute Gasteiger partial charge is 0.494 e. The number of benzene rings is 1. The molecular weight excluding hydrogens is 380 g/mol. The van der Waals surface area contributed by atoms with Gasteiger partial charge in [0.15, 0.2) is 0 Å². The van der Waals surface area contributed by atoms with Gasteiger partial charge in [-0.2, -0.15) is 0 Å². The first kappa shape index (κ1) is 26.2. The molecule has 0 radical (unpaired) electrons. The number of ether oxygens (including phenoxy) is 2. The molecule has 1 rings (SSSR count). The summed E-state index contributed by atoms with van der Waals surface area (Å²) in [6, 6.07) is 7.70. The molecule has 0 aliphatic carbocycles. The molecule has 0 aromatic heterocycles. The number of carbonyl (C=O) groups excluding carboxylic acids is 1. The van der Waals surface area contributed by atoms with Crippen LogP contribution in [0.1, 0.15) is 66.4 Å². The summed E-state index contributed by atoms with van der Waals surface area (Å²) in [5.74, 6) is 1.49. The number of amides is 1. The fourth-order valence-corrected chi connectivity index (χ4v) is 3.25. The third kappa shape index (κ3) is 10.3. The van der Waals surface area contributed by atoms with E-state index < -0.39 is 23.8 Å². The van der Waals surface area contributed by atoms with Crippen LogP contribution in [0.5, 0.6) is 5.75 Å². The van der Waals surface area contributed by atoms with Crippen LogP contribution in [-0.2, 0) is 11.2 Å². The fourth-order valence-electron chi connectivity index (χ4n) is 3.25. The molecule has 6 heteroatoms. The Labute approximate surface area is 182 Å². The van der Waals surface area contributed by atoms with Gasteiger partial charge in [0.1, 0.15) is 11.4 Å². The normalized spacial score (nSPS) is 14.8. The van der Waals surface area contributed by atoms with Gasteiger partial charge in [0.25, 0.3) is 0 Å². The molecular formula is C24H42N2O4. The van der Waals surface area contributed by atoms with Crippen molar-refractivity contribution in [1.29, 1.82) is 0 Å². The minimum Gasteiger partial charge on any atom is -0.494 e. The van der Waals surface area contributed by atoms with Gasteiger partial charge in [-0.3, -0.25) is 0 Å². The second-order valence-corrected chi connectivity index (χ2v) is 9.35. The zero-order valence-corrected chi connectivity index (χ0v) is 19.6. The van der Waals surface area contributed by atoms with Gasteiger partial charge in [-0.05, 0) is 69.6 Å². The van der Waals surface area contributed by atoms with Gasteiger partial charge in [0.05, 0.1) is 18.8 Å². The predicted octanol–water partition coefficient (Wildman–Crippen LogP) is 4.28. The van der Waals surface area contributed by atoms with E-state index in [4.69, 9.17) is 15.2 Å². The summed E-state index contributed by atoms with van der Waals surface area (Å²) in [7, 11) is 0. The van der Waals surface area contributed by atoms with Crippen LogP contribution in [0, 0.1) is 11.8 Å². The molecule has 3 atom stereocenters. The quantitative estimate of drug-likeness (QED) is 0.437. The molecule has 4 N–H and O–H groups in total. The highest BCUT2D eigenvalue weighted by atomic mass is 16.6. The Morgan fingerprint density at radius 2 is 1.97 bits per heavy atom. The van der Waals surface area contributed by atoms with Gasteiger partial charge in [-0.1, -0.05) is 39.3 Å². The number of nitrogens with two attached hydrogens (primary N) is 1. The number of alkyl carbamates (subject to hydrolysis) is 1. The molecule has 0 saturated carbocycles. The number of hydrogen-bond acceptors (Lipinski definition) is 5. The summed E-state index contributed by atoms with van der Waals surface area (Å²) in [4.78, 5) is 12.3. The fraction of sp³-hybridized carbons (Fsp3) is 0.708. The number of unbranched alkanes of at least 4 members (excludes halogenated alkanes) is 1. The van der Waals surface area contributed by atoms with Crippen molar-refractivity contribution >= 4 is 6.09 Å². The zero-order valence-electron chi connectivity index (χ0n) is 19.6. The summed E-state index contributed by atoms with van der Waals surface area (Å²) in [6.07, 6.45) is 2.21. The Hall–Kier alpha value is -1.79. The first-order valence-electron chi connectivity index (χ1n) is 11.1. The van der Waals surface area contributed by atoms with Gasteiger partial charge in [-0.15, -0.1) is 0 Å². The van der Waals surface area contributed by atoms with Crippen LogP contribution < -0.4 is 15.8 Å². The van der Waals surface area contributed by atoms with E-state index in [-0.39, 0.29) is 12.5 Å². The Morgan fingerprint density at radius 3 is 2.53 bits per heavy atom. The molecule has 0 saturated heterocycles. The van der Waals surface area contributed by atoms with E-state index in [2.05, 4.69) is 38.2 Å². The van der Waals surface area contributed by atoms with Gasteiger partial charge >= 0.3 is 6.09 Å². The number of hydrogen-bond donors (Lipinski definition) is 3. The van der Waals surface area contributed by atoms with Crippen LogP contribution in [0.25, 0.3) is 0 Å². The van der Waals surface area contributed by atoms with Crippen LogP contribution in [0.4, 0.5) is 4.79 Å². The molecule has 0 aliphatic rings. The smallest absolute Gasteiger partial charge is 0.407 e. The van der Waals surface area contributed by atoms with Crippen LogP contribution in [0.15, 0.2) is 24.3 Å². The maximum Gasteiger partial charge on any atom is 0.407 e. The first-order chi connectivity index (χ1) is 14.1. The lowest BCUT2D eigenvalue weighted by Crippen LogP contribution is -2.49. The van der Waals surface area contributed by atoms with Gasteiger partial charge in [0.2, 0.25) is 0 Å². The van der Waals surface area contributed by atoms with Crippen molar-refractivity contribution in [2.75, 3.05) is 13.2 Å². The minimum absolute atomic E-state index is 0.0754. The number of aliphatic hydroxyl groups excluding tert-OH is 1. The molecule has 1 aromatic carbocycles. The lowest BCUT2D eigenvalue weighted by molar-refractivity contribution is 0.0400. The van der Waals surface area contributed by atoms with Crippen LogP contribution >= 0.6 is 0 Å². The summed E-state index contributed by atoms with van der Waals surface area (Å²) in [6.45, 7) is 12.7. The summed E-state index contributed by atoms with van der Waals surface area (Å²) in [5, 5.41) is 13.2. The number of carbonyl (C=O) groups is 1. The Balaban J connectivity index is 2.85. The van der Waals surface area contributed by atoms with Crippen molar-refractivity contribution in [3.8, 4) is 5.75 Å². The molecule has 0 spiro atoms. The SMILES string of the molecule is CCCCOc1cccc(C[C@@H](C[C@H](NC(=O)OC(C)(C)C)[C@@H](O)CN)C(C)C)c1. The van der Waals surface area contributed by atoms with E-state index >= 15 is 0 Å². The number of rotatable bonds is 12. The van der Waals surface area contributed by atoms with Crippen molar-refractivity contribution in [2.24, 2.45) is 17.6 Å². The molecule has 6 nitrogen and oxygen atoms in total. The zero-order chi connectivity index (χ0) is 22.7. The van der Waals surface area contributed by atoms with Gasteiger partial charge < -0.3 is 25.6 Å². The Bertz CT molecular complexity index is 628. The van der Waals surface area contributed by atoms with E-state index in [1.165, 1.54) is 5.56 Å². The number of aliphatic hydroxyl groups is 1. The van der Waals surface area contributed by atoms with E-state index in [0.717, 1.165) is 31.6 Å². The van der Waals surface area contributed by atoms with E-state index in [1.54, 1.807) is 0 Å². The first-order valence-corrected chi connectivity index (χ1v) is 11.1. The molecule has 0 fully saturated rings. The third-order valence-electron chi connectivity index (χ3n) is 5.07. The van der Waals surface area contributed by atoms with Crippen molar-refractivity contribution in [1.82, 2.24) is 5.32 Å².